The predicted octanol–water partition coefficient (Wildman–Crippen LogP) is 2.37. The highest BCUT2D eigenvalue weighted by atomic mass is 19.4. The van der Waals surface area contributed by atoms with E-state index in [1.807, 2.05) is 6.92 Å². The van der Waals surface area contributed by atoms with Crippen LogP contribution in [0.4, 0.5) is 18.0 Å². The Bertz CT molecular complexity index is 530. The first-order valence-corrected chi connectivity index (χ1v) is 7.14. The SMILES string of the molecule is CCCNC(=O)NC(=O)CN(C)Cc1ccc(C(F)(F)F)cc1. The van der Waals surface area contributed by atoms with Crippen LogP contribution >= 0.6 is 0 Å². The van der Waals surface area contributed by atoms with Crippen LogP contribution in [0.2, 0.25) is 0 Å². The quantitative estimate of drug-likeness (QED) is 0.841. The molecule has 0 saturated carbocycles. The van der Waals surface area contributed by atoms with Crippen molar-refractivity contribution in [1.82, 2.24) is 15.5 Å². The number of halogens is 3. The van der Waals surface area contributed by atoms with Gasteiger partial charge in [-0.15, -0.1) is 0 Å². The first kappa shape index (κ1) is 19.0. The summed E-state index contributed by atoms with van der Waals surface area (Å²) < 4.78 is 37.4. The minimum atomic E-state index is -4.36. The fourth-order valence-corrected chi connectivity index (χ4v) is 1.86. The van der Waals surface area contributed by atoms with Crippen molar-refractivity contribution in [3.63, 3.8) is 0 Å². The fraction of sp³-hybridized carbons (Fsp3) is 0.467. The number of benzene rings is 1. The van der Waals surface area contributed by atoms with Gasteiger partial charge in [-0.2, -0.15) is 13.2 Å². The Morgan fingerprint density at radius 3 is 2.30 bits per heavy atom. The van der Waals surface area contributed by atoms with E-state index in [0.29, 0.717) is 18.7 Å². The standard InChI is InChI=1S/C15H20F3N3O2/c1-3-8-19-14(23)20-13(22)10-21(2)9-11-4-6-12(7-5-11)15(16,17)18/h4-7H,3,8-10H2,1-2H3,(H2,19,20,22,23). The van der Waals surface area contributed by atoms with Gasteiger partial charge in [-0.25, -0.2) is 4.79 Å². The molecule has 5 nitrogen and oxygen atoms in total. The summed E-state index contributed by atoms with van der Waals surface area (Å²) in [5, 5.41) is 4.69. The number of hydrogen-bond acceptors (Lipinski definition) is 3. The lowest BCUT2D eigenvalue weighted by Crippen LogP contribution is -2.43. The summed E-state index contributed by atoms with van der Waals surface area (Å²) in [6.07, 6.45) is -3.61. The van der Waals surface area contributed by atoms with Crippen molar-refractivity contribution in [3.8, 4) is 0 Å². The van der Waals surface area contributed by atoms with Crippen LogP contribution in [0.3, 0.4) is 0 Å². The third kappa shape index (κ3) is 7.14. The number of amides is 3. The van der Waals surface area contributed by atoms with Crippen LogP contribution in [0.1, 0.15) is 24.5 Å². The molecule has 1 aromatic rings. The molecule has 1 aromatic carbocycles. The topological polar surface area (TPSA) is 61.4 Å². The minimum absolute atomic E-state index is 0.0411. The fourth-order valence-electron chi connectivity index (χ4n) is 1.86. The highest BCUT2D eigenvalue weighted by Crippen LogP contribution is 2.29. The van der Waals surface area contributed by atoms with E-state index in [0.717, 1.165) is 18.6 Å². The Morgan fingerprint density at radius 1 is 1.17 bits per heavy atom. The van der Waals surface area contributed by atoms with Crippen LogP contribution in [-0.2, 0) is 17.5 Å². The number of carbonyl (C=O) groups is 2. The van der Waals surface area contributed by atoms with Crippen molar-refractivity contribution in [1.29, 1.82) is 0 Å². The minimum Gasteiger partial charge on any atom is -0.338 e. The summed E-state index contributed by atoms with van der Waals surface area (Å²) in [6, 6.07) is 4.18. The second-order valence-electron chi connectivity index (χ2n) is 5.17. The summed E-state index contributed by atoms with van der Waals surface area (Å²) >= 11 is 0. The van der Waals surface area contributed by atoms with E-state index in [4.69, 9.17) is 0 Å². The van der Waals surface area contributed by atoms with Crippen molar-refractivity contribution < 1.29 is 22.8 Å². The largest absolute Gasteiger partial charge is 0.416 e. The molecule has 3 amide bonds. The number of nitrogens with zero attached hydrogens (tertiary/aromatic N) is 1. The van der Waals surface area contributed by atoms with Crippen molar-refractivity contribution in [2.24, 2.45) is 0 Å². The van der Waals surface area contributed by atoms with Crippen LogP contribution in [0, 0.1) is 0 Å². The third-order valence-corrected chi connectivity index (χ3v) is 2.94. The zero-order valence-corrected chi connectivity index (χ0v) is 13.0. The normalized spacial score (nSPS) is 11.4. The van der Waals surface area contributed by atoms with Crippen LogP contribution in [0.25, 0.3) is 0 Å². The Labute approximate surface area is 132 Å². The Kier molecular flexibility index (Phi) is 7.02. The van der Waals surface area contributed by atoms with Crippen molar-refractivity contribution in [3.05, 3.63) is 35.4 Å². The molecule has 0 radical (unpaired) electrons. The molecule has 23 heavy (non-hydrogen) atoms. The summed E-state index contributed by atoms with van der Waals surface area (Å²) in [6.45, 7) is 2.61. The smallest absolute Gasteiger partial charge is 0.338 e. The number of alkyl halides is 3. The van der Waals surface area contributed by atoms with Gasteiger partial charge < -0.3 is 5.32 Å². The highest BCUT2D eigenvalue weighted by molar-refractivity contribution is 5.95. The summed E-state index contributed by atoms with van der Waals surface area (Å²) in [5.74, 6) is -0.479. The monoisotopic (exact) mass is 331 g/mol. The molecule has 0 fully saturated rings. The zero-order chi connectivity index (χ0) is 17.5. The maximum Gasteiger partial charge on any atom is 0.416 e. The van der Waals surface area contributed by atoms with E-state index < -0.39 is 23.7 Å². The van der Waals surface area contributed by atoms with Crippen molar-refractivity contribution in [2.75, 3.05) is 20.1 Å². The number of nitrogens with one attached hydrogen (secondary N) is 2. The average Bonchev–Trinajstić information content (AvgIpc) is 2.44. The van der Waals surface area contributed by atoms with E-state index in [1.54, 1.807) is 11.9 Å². The molecule has 0 aliphatic rings. The Morgan fingerprint density at radius 2 is 1.78 bits per heavy atom. The van der Waals surface area contributed by atoms with Crippen LogP contribution < -0.4 is 10.6 Å². The van der Waals surface area contributed by atoms with Gasteiger partial charge in [-0.3, -0.25) is 15.0 Å². The van der Waals surface area contributed by atoms with Gasteiger partial charge in [0.05, 0.1) is 12.1 Å². The third-order valence-electron chi connectivity index (χ3n) is 2.94. The van der Waals surface area contributed by atoms with Gasteiger partial charge in [0.2, 0.25) is 5.91 Å². The predicted molar refractivity (Wildman–Crippen MR) is 79.6 cm³/mol. The number of rotatable bonds is 6. The van der Waals surface area contributed by atoms with Gasteiger partial charge in [0, 0.05) is 13.1 Å². The summed E-state index contributed by atoms with van der Waals surface area (Å²) in [4.78, 5) is 24.6. The van der Waals surface area contributed by atoms with Gasteiger partial charge in [0.25, 0.3) is 0 Å². The molecular formula is C15H20F3N3O2. The number of hydrogen-bond donors (Lipinski definition) is 2. The molecule has 0 bridgehead atoms. The van der Waals surface area contributed by atoms with Gasteiger partial charge in [0.15, 0.2) is 0 Å². The molecule has 0 aliphatic heterocycles. The molecule has 8 heteroatoms. The van der Waals surface area contributed by atoms with Gasteiger partial charge in [-0.05, 0) is 31.2 Å². The first-order valence-electron chi connectivity index (χ1n) is 7.14. The average molecular weight is 331 g/mol. The van der Waals surface area contributed by atoms with E-state index in [2.05, 4.69) is 10.6 Å². The molecule has 0 aromatic heterocycles. The maximum atomic E-state index is 12.5. The van der Waals surface area contributed by atoms with E-state index in [-0.39, 0.29) is 6.54 Å². The van der Waals surface area contributed by atoms with E-state index in [9.17, 15) is 22.8 Å². The summed E-state index contributed by atoms with van der Waals surface area (Å²) in [7, 11) is 1.64. The molecule has 0 unspecified atom stereocenters. The molecule has 2 N–H and O–H groups in total. The van der Waals surface area contributed by atoms with Crippen LogP contribution in [0.15, 0.2) is 24.3 Å². The lowest BCUT2D eigenvalue weighted by Gasteiger charge is -2.16. The second-order valence-corrected chi connectivity index (χ2v) is 5.17. The molecule has 0 spiro atoms. The van der Waals surface area contributed by atoms with Crippen molar-refractivity contribution in [2.45, 2.75) is 26.1 Å². The molecule has 0 heterocycles. The second kappa shape index (κ2) is 8.52. The van der Waals surface area contributed by atoms with Gasteiger partial charge in [0.1, 0.15) is 0 Å². The summed E-state index contributed by atoms with van der Waals surface area (Å²) in [5.41, 5.74) is -0.0713. The molecule has 0 atom stereocenters. The molecule has 128 valence electrons. The maximum absolute atomic E-state index is 12.5. The lowest BCUT2D eigenvalue weighted by molar-refractivity contribution is -0.137. The Balaban J connectivity index is 2.45. The van der Waals surface area contributed by atoms with Gasteiger partial charge >= 0.3 is 12.2 Å². The molecular weight excluding hydrogens is 311 g/mol. The Hall–Kier alpha value is -2.09. The number of imide groups is 1. The van der Waals surface area contributed by atoms with Crippen LogP contribution in [0.5, 0.6) is 0 Å². The van der Waals surface area contributed by atoms with E-state index in [1.165, 1.54) is 12.1 Å². The molecule has 1 rings (SSSR count). The molecule has 0 aliphatic carbocycles. The van der Waals surface area contributed by atoms with Gasteiger partial charge in [-0.1, -0.05) is 19.1 Å². The van der Waals surface area contributed by atoms with Crippen molar-refractivity contribution >= 4 is 11.9 Å². The van der Waals surface area contributed by atoms with Crippen LogP contribution in [-0.4, -0.2) is 37.0 Å². The zero-order valence-electron chi connectivity index (χ0n) is 13.0. The highest BCUT2D eigenvalue weighted by Gasteiger charge is 2.29. The number of likely N-dealkylation sites (N-methyl/N-ethyl adjacent to an activating group) is 1. The number of carbonyl (C=O) groups excluding carboxylic acids is 2. The number of urea groups is 1. The first-order chi connectivity index (χ1) is 10.7. The molecule has 0 saturated heterocycles. The lowest BCUT2D eigenvalue weighted by atomic mass is 10.1. The van der Waals surface area contributed by atoms with E-state index >= 15 is 0 Å².